The summed E-state index contributed by atoms with van der Waals surface area (Å²) in [6.45, 7) is 2.23. The molecule has 1 unspecified atom stereocenters. The number of carbonyl (C=O) groups is 1. The molecule has 0 aliphatic heterocycles. The lowest BCUT2D eigenvalue weighted by Gasteiger charge is -2.14. The van der Waals surface area contributed by atoms with Crippen LogP contribution in [0.25, 0.3) is 10.9 Å². The number of fused-ring (bicyclic) bond motifs is 1. The Hall–Kier alpha value is -1.94. The highest BCUT2D eigenvalue weighted by Gasteiger charge is 2.19. The summed E-state index contributed by atoms with van der Waals surface area (Å²) in [4.78, 5) is 16.1. The van der Waals surface area contributed by atoms with Gasteiger partial charge in [-0.1, -0.05) is 18.2 Å². The van der Waals surface area contributed by atoms with E-state index in [1.807, 2.05) is 37.3 Å². The van der Waals surface area contributed by atoms with Crippen molar-refractivity contribution >= 4 is 16.9 Å². The molecule has 0 saturated carbocycles. The third kappa shape index (κ3) is 2.90. The highest BCUT2D eigenvalue weighted by Crippen LogP contribution is 2.21. The standard InChI is InChI=1S/C15H18N2O2/c1-10-7-11(8-12(9-16)15(18)19-2)13-5-3-4-6-14(13)17-10/h3-7,12H,8-9,16H2,1-2H3. The van der Waals surface area contributed by atoms with E-state index < -0.39 is 0 Å². The van der Waals surface area contributed by atoms with Crippen molar-refractivity contribution in [2.75, 3.05) is 13.7 Å². The first-order chi connectivity index (χ1) is 9.15. The first-order valence-corrected chi connectivity index (χ1v) is 6.29. The van der Waals surface area contributed by atoms with Gasteiger partial charge in [0.05, 0.1) is 18.5 Å². The summed E-state index contributed by atoms with van der Waals surface area (Å²) in [6.07, 6.45) is 0.576. The number of aromatic nitrogens is 1. The van der Waals surface area contributed by atoms with Crippen LogP contribution < -0.4 is 5.73 Å². The number of ether oxygens (including phenoxy) is 1. The van der Waals surface area contributed by atoms with Crippen LogP contribution >= 0.6 is 0 Å². The Morgan fingerprint density at radius 1 is 1.42 bits per heavy atom. The quantitative estimate of drug-likeness (QED) is 0.850. The summed E-state index contributed by atoms with van der Waals surface area (Å²) in [6, 6.07) is 9.93. The molecule has 0 bridgehead atoms. The third-order valence-electron chi connectivity index (χ3n) is 3.22. The number of hydrogen-bond acceptors (Lipinski definition) is 4. The number of methoxy groups -OCH3 is 1. The largest absolute Gasteiger partial charge is 0.469 e. The van der Waals surface area contributed by atoms with Crippen molar-refractivity contribution in [1.29, 1.82) is 0 Å². The first kappa shape index (κ1) is 13.5. The van der Waals surface area contributed by atoms with Gasteiger partial charge in [0, 0.05) is 17.6 Å². The van der Waals surface area contributed by atoms with Gasteiger partial charge in [-0.15, -0.1) is 0 Å². The lowest BCUT2D eigenvalue weighted by Crippen LogP contribution is -2.27. The minimum absolute atomic E-state index is 0.263. The summed E-state index contributed by atoms with van der Waals surface area (Å²) in [5.41, 5.74) is 8.63. The zero-order chi connectivity index (χ0) is 13.8. The fourth-order valence-electron chi connectivity index (χ4n) is 2.26. The second-order valence-electron chi connectivity index (χ2n) is 4.60. The van der Waals surface area contributed by atoms with Gasteiger partial charge in [-0.3, -0.25) is 9.78 Å². The van der Waals surface area contributed by atoms with Crippen LogP contribution in [0.4, 0.5) is 0 Å². The molecule has 4 heteroatoms. The Kier molecular flexibility index (Phi) is 4.12. The zero-order valence-electron chi connectivity index (χ0n) is 11.2. The molecule has 0 fully saturated rings. The van der Waals surface area contributed by atoms with Crippen molar-refractivity contribution in [3.8, 4) is 0 Å². The number of pyridine rings is 1. The van der Waals surface area contributed by atoms with Crippen LogP contribution in [0.15, 0.2) is 30.3 Å². The van der Waals surface area contributed by atoms with E-state index in [0.29, 0.717) is 6.42 Å². The number of nitrogens with two attached hydrogens (primary N) is 1. The predicted octanol–water partition coefficient (Wildman–Crippen LogP) is 1.83. The predicted molar refractivity (Wildman–Crippen MR) is 74.7 cm³/mol. The summed E-state index contributed by atoms with van der Waals surface area (Å²) < 4.78 is 4.78. The van der Waals surface area contributed by atoms with E-state index in [2.05, 4.69) is 4.98 Å². The summed E-state index contributed by atoms with van der Waals surface area (Å²) in [5, 5.41) is 1.07. The molecule has 1 aromatic carbocycles. The number of para-hydroxylation sites is 1. The smallest absolute Gasteiger partial charge is 0.310 e. The molecular weight excluding hydrogens is 240 g/mol. The van der Waals surface area contributed by atoms with Gasteiger partial charge < -0.3 is 10.5 Å². The van der Waals surface area contributed by atoms with Crippen molar-refractivity contribution in [1.82, 2.24) is 4.98 Å². The fourth-order valence-corrected chi connectivity index (χ4v) is 2.26. The average molecular weight is 258 g/mol. The number of rotatable bonds is 4. The maximum Gasteiger partial charge on any atom is 0.310 e. The molecule has 0 aliphatic rings. The van der Waals surface area contributed by atoms with Crippen LogP contribution in [0.2, 0.25) is 0 Å². The van der Waals surface area contributed by atoms with Gasteiger partial charge in [0.1, 0.15) is 0 Å². The molecule has 1 heterocycles. The number of esters is 1. The van der Waals surface area contributed by atoms with Gasteiger partial charge in [0.25, 0.3) is 0 Å². The van der Waals surface area contributed by atoms with Crippen LogP contribution in [0, 0.1) is 12.8 Å². The Balaban J connectivity index is 2.41. The number of nitrogens with zero attached hydrogens (tertiary/aromatic N) is 1. The minimum atomic E-state index is -0.310. The van der Waals surface area contributed by atoms with E-state index in [9.17, 15) is 4.79 Å². The minimum Gasteiger partial charge on any atom is -0.469 e. The average Bonchev–Trinajstić information content (AvgIpc) is 2.43. The summed E-state index contributed by atoms with van der Waals surface area (Å²) in [7, 11) is 1.39. The van der Waals surface area contributed by atoms with E-state index in [1.165, 1.54) is 7.11 Å². The normalized spacial score (nSPS) is 12.4. The molecule has 2 N–H and O–H groups in total. The Labute approximate surface area is 112 Å². The lowest BCUT2D eigenvalue weighted by molar-refractivity contribution is -0.145. The van der Waals surface area contributed by atoms with Crippen molar-refractivity contribution in [2.24, 2.45) is 11.7 Å². The topological polar surface area (TPSA) is 65.2 Å². The molecule has 100 valence electrons. The summed E-state index contributed by atoms with van der Waals surface area (Å²) >= 11 is 0. The second kappa shape index (κ2) is 5.80. The van der Waals surface area contributed by atoms with Gasteiger partial charge >= 0.3 is 5.97 Å². The maximum absolute atomic E-state index is 11.7. The van der Waals surface area contributed by atoms with E-state index in [-0.39, 0.29) is 18.4 Å². The molecule has 0 aliphatic carbocycles. The van der Waals surface area contributed by atoms with E-state index in [1.54, 1.807) is 0 Å². The van der Waals surface area contributed by atoms with Crippen LogP contribution in [0.1, 0.15) is 11.3 Å². The molecule has 19 heavy (non-hydrogen) atoms. The van der Waals surface area contributed by atoms with Gasteiger partial charge in [0.15, 0.2) is 0 Å². The third-order valence-corrected chi connectivity index (χ3v) is 3.22. The number of hydrogen-bond donors (Lipinski definition) is 1. The van der Waals surface area contributed by atoms with E-state index in [4.69, 9.17) is 10.5 Å². The molecular formula is C15H18N2O2. The van der Waals surface area contributed by atoms with Crippen LogP contribution in [0.3, 0.4) is 0 Å². The number of carbonyl (C=O) groups excluding carboxylic acids is 1. The molecule has 0 amide bonds. The maximum atomic E-state index is 11.7. The molecule has 0 saturated heterocycles. The molecule has 2 rings (SSSR count). The monoisotopic (exact) mass is 258 g/mol. The molecule has 1 atom stereocenters. The van der Waals surface area contributed by atoms with Crippen molar-refractivity contribution in [3.63, 3.8) is 0 Å². The number of aryl methyl sites for hydroxylation is 1. The van der Waals surface area contributed by atoms with Crippen LogP contribution in [-0.4, -0.2) is 24.6 Å². The van der Waals surface area contributed by atoms with Crippen LogP contribution in [-0.2, 0) is 16.0 Å². The van der Waals surface area contributed by atoms with Gasteiger partial charge in [-0.25, -0.2) is 0 Å². The second-order valence-corrected chi connectivity index (χ2v) is 4.60. The van der Waals surface area contributed by atoms with E-state index >= 15 is 0 Å². The first-order valence-electron chi connectivity index (χ1n) is 6.29. The highest BCUT2D eigenvalue weighted by molar-refractivity contribution is 5.83. The Morgan fingerprint density at radius 2 is 2.16 bits per heavy atom. The van der Waals surface area contributed by atoms with Gasteiger partial charge in [0.2, 0.25) is 0 Å². The molecule has 4 nitrogen and oxygen atoms in total. The van der Waals surface area contributed by atoms with E-state index in [0.717, 1.165) is 22.2 Å². The molecule has 0 spiro atoms. The lowest BCUT2D eigenvalue weighted by atomic mass is 9.96. The highest BCUT2D eigenvalue weighted by atomic mass is 16.5. The zero-order valence-corrected chi connectivity index (χ0v) is 11.2. The van der Waals surface area contributed by atoms with Crippen molar-refractivity contribution in [2.45, 2.75) is 13.3 Å². The fraction of sp³-hybridized carbons (Fsp3) is 0.333. The summed E-state index contributed by atoms with van der Waals surface area (Å²) in [5.74, 6) is -0.573. The Morgan fingerprint density at radius 3 is 2.84 bits per heavy atom. The van der Waals surface area contributed by atoms with Gasteiger partial charge in [-0.05, 0) is 31.0 Å². The number of benzene rings is 1. The van der Waals surface area contributed by atoms with Crippen molar-refractivity contribution in [3.05, 3.63) is 41.6 Å². The van der Waals surface area contributed by atoms with Crippen LogP contribution in [0.5, 0.6) is 0 Å². The van der Waals surface area contributed by atoms with Crippen molar-refractivity contribution < 1.29 is 9.53 Å². The molecule has 0 radical (unpaired) electrons. The molecule has 1 aromatic heterocycles. The Bertz CT molecular complexity index is 596. The molecule has 2 aromatic rings. The SMILES string of the molecule is COC(=O)C(CN)Cc1cc(C)nc2ccccc12. The van der Waals surface area contributed by atoms with Gasteiger partial charge in [-0.2, -0.15) is 0 Å².